The van der Waals surface area contributed by atoms with Crippen LogP contribution in [0, 0.1) is 12.8 Å². The number of aromatic nitrogens is 2. The zero-order valence-corrected chi connectivity index (χ0v) is 15.3. The van der Waals surface area contributed by atoms with Gasteiger partial charge in [0.15, 0.2) is 0 Å². The molecule has 0 spiro atoms. The van der Waals surface area contributed by atoms with E-state index in [0.29, 0.717) is 12.1 Å². The first-order valence-electron chi connectivity index (χ1n) is 9.30. The van der Waals surface area contributed by atoms with E-state index in [-0.39, 0.29) is 5.91 Å². The van der Waals surface area contributed by atoms with Gasteiger partial charge in [-0.3, -0.25) is 9.69 Å². The van der Waals surface area contributed by atoms with Crippen LogP contribution in [-0.4, -0.2) is 73.3 Å². The SMILES string of the molecule is Cc1nc(N2CCC(C)CC2)ncc1C(=O)NCCN1CCOCC1. The average Bonchev–Trinajstić information content (AvgIpc) is 2.63. The maximum atomic E-state index is 12.4. The van der Waals surface area contributed by atoms with Crippen molar-refractivity contribution in [3.05, 3.63) is 17.5 Å². The zero-order valence-electron chi connectivity index (χ0n) is 15.3. The quantitative estimate of drug-likeness (QED) is 0.860. The highest BCUT2D eigenvalue weighted by molar-refractivity contribution is 5.94. The summed E-state index contributed by atoms with van der Waals surface area (Å²) in [7, 11) is 0. The van der Waals surface area contributed by atoms with Crippen LogP contribution in [0.1, 0.15) is 35.8 Å². The Bertz CT molecular complexity index is 581. The number of nitrogens with one attached hydrogen (secondary N) is 1. The lowest BCUT2D eigenvalue weighted by Gasteiger charge is -2.30. The van der Waals surface area contributed by atoms with Gasteiger partial charge < -0.3 is 15.0 Å². The molecule has 138 valence electrons. The molecular formula is C18H29N5O2. The lowest BCUT2D eigenvalue weighted by atomic mass is 10.00. The summed E-state index contributed by atoms with van der Waals surface area (Å²) in [6, 6.07) is 0. The summed E-state index contributed by atoms with van der Waals surface area (Å²) in [5, 5.41) is 2.98. The summed E-state index contributed by atoms with van der Waals surface area (Å²) >= 11 is 0. The van der Waals surface area contributed by atoms with Crippen LogP contribution in [0.5, 0.6) is 0 Å². The Morgan fingerprint density at radius 2 is 2.00 bits per heavy atom. The number of carbonyl (C=O) groups is 1. The average molecular weight is 347 g/mol. The van der Waals surface area contributed by atoms with Gasteiger partial charge in [0.1, 0.15) is 0 Å². The molecule has 2 aliphatic rings. The minimum absolute atomic E-state index is 0.0930. The highest BCUT2D eigenvalue weighted by Gasteiger charge is 2.20. The molecule has 1 amide bonds. The van der Waals surface area contributed by atoms with E-state index < -0.39 is 0 Å². The number of aryl methyl sites for hydroxylation is 1. The number of hydrogen-bond acceptors (Lipinski definition) is 6. The monoisotopic (exact) mass is 347 g/mol. The predicted molar refractivity (Wildman–Crippen MR) is 97.0 cm³/mol. The molecule has 3 heterocycles. The van der Waals surface area contributed by atoms with Crippen molar-refractivity contribution in [2.75, 3.05) is 57.4 Å². The largest absolute Gasteiger partial charge is 0.379 e. The molecular weight excluding hydrogens is 318 g/mol. The molecule has 7 heteroatoms. The minimum Gasteiger partial charge on any atom is -0.379 e. The molecule has 1 N–H and O–H groups in total. The van der Waals surface area contributed by atoms with Gasteiger partial charge in [-0.15, -0.1) is 0 Å². The molecule has 0 unspecified atom stereocenters. The van der Waals surface area contributed by atoms with Gasteiger partial charge in [0.05, 0.1) is 24.5 Å². The second-order valence-corrected chi connectivity index (χ2v) is 7.05. The summed E-state index contributed by atoms with van der Waals surface area (Å²) in [6.07, 6.45) is 4.01. The third kappa shape index (κ3) is 4.89. The molecule has 7 nitrogen and oxygen atoms in total. The molecule has 1 aromatic rings. The van der Waals surface area contributed by atoms with E-state index >= 15 is 0 Å². The highest BCUT2D eigenvalue weighted by Crippen LogP contribution is 2.20. The first-order chi connectivity index (χ1) is 12.1. The van der Waals surface area contributed by atoms with E-state index in [2.05, 4.69) is 32.0 Å². The Kier molecular flexibility index (Phi) is 6.20. The molecule has 2 fully saturated rings. The number of amides is 1. The third-order valence-electron chi connectivity index (χ3n) is 5.10. The van der Waals surface area contributed by atoms with Crippen LogP contribution >= 0.6 is 0 Å². The molecule has 1 aromatic heterocycles. The minimum atomic E-state index is -0.0930. The van der Waals surface area contributed by atoms with Gasteiger partial charge in [-0.1, -0.05) is 6.92 Å². The lowest BCUT2D eigenvalue weighted by molar-refractivity contribution is 0.0383. The number of piperidine rings is 1. The van der Waals surface area contributed by atoms with Crippen molar-refractivity contribution in [2.24, 2.45) is 5.92 Å². The normalized spacial score (nSPS) is 19.8. The van der Waals surface area contributed by atoms with Gasteiger partial charge in [-0.2, -0.15) is 0 Å². The maximum Gasteiger partial charge on any atom is 0.254 e. The van der Waals surface area contributed by atoms with Crippen LogP contribution in [0.25, 0.3) is 0 Å². The number of hydrogen-bond donors (Lipinski definition) is 1. The molecule has 3 rings (SSSR count). The van der Waals surface area contributed by atoms with E-state index in [9.17, 15) is 4.79 Å². The Balaban J connectivity index is 1.52. The molecule has 0 aliphatic carbocycles. The molecule has 0 bridgehead atoms. The topological polar surface area (TPSA) is 70.6 Å². The Labute approximate surface area is 149 Å². The van der Waals surface area contributed by atoms with E-state index in [4.69, 9.17) is 4.74 Å². The molecule has 0 aromatic carbocycles. The fourth-order valence-corrected chi connectivity index (χ4v) is 3.29. The third-order valence-corrected chi connectivity index (χ3v) is 5.10. The Morgan fingerprint density at radius 1 is 1.28 bits per heavy atom. The molecule has 0 saturated carbocycles. The van der Waals surface area contributed by atoms with Gasteiger partial charge in [0.25, 0.3) is 5.91 Å². The Morgan fingerprint density at radius 3 is 2.68 bits per heavy atom. The predicted octanol–water partition coefficient (Wildman–Crippen LogP) is 1.08. The fourth-order valence-electron chi connectivity index (χ4n) is 3.29. The fraction of sp³-hybridized carbons (Fsp3) is 0.722. The number of rotatable bonds is 5. The van der Waals surface area contributed by atoms with Crippen LogP contribution in [0.4, 0.5) is 5.95 Å². The van der Waals surface area contributed by atoms with Crippen molar-refractivity contribution < 1.29 is 9.53 Å². The van der Waals surface area contributed by atoms with Crippen molar-refractivity contribution in [3.8, 4) is 0 Å². The van der Waals surface area contributed by atoms with E-state index in [0.717, 1.165) is 63.5 Å². The zero-order chi connectivity index (χ0) is 17.6. The second kappa shape index (κ2) is 8.58. The first kappa shape index (κ1) is 18.1. The smallest absolute Gasteiger partial charge is 0.254 e. The van der Waals surface area contributed by atoms with Gasteiger partial charge in [-0.25, -0.2) is 9.97 Å². The second-order valence-electron chi connectivity index (χ2n) is 7.05. The number of anilines is 1. The van der Waals surface area contributed by atoms with Gasteiger partial charge in [0, 0.05) is 45.5 Å². The summed E-state index contributed by atoms with van der Waals surface area (Å²) in [4.78, 5) is 25.9. The van der Waals surface area contributed by atoms with Crippen LogP contribution in [0.3, 0.4) is 0 Å². The molecule has 2 saturated heterocycles. The summed E-state index contributed by atoms with van der Waals surface area (Å²) < 4.78 is 5.33. The number of morpholine rings is 1. The first-order valence-corrected chi connectivity index (χ1v) is 9.30. The number of ether oxygens (including phenoxy) is 1. The number of carbonyl (C=O) groups excluding carboxylic acids is 1. The molecule has 0 atom stereocenters. The number of nitrogens with zero attached hydrogens (tertiary/aromatic N) is 4. The van der Waals surface area contributed by atoms with Crippen LogP contribution in [-0.2, 0) is 4.74 Å². The molecule has 0 radical (unpaired) electrons. The standard InChI is InChI=1S/C18H29N5O2/c1-14-3-6-23(7-4-14)18-20-13-16(15(2)21-18)17(24)19-5-8-22-9-11-25-12-10-22/h13-14H,3-12H2,1-2H3,(H,19,24). The van der Waals surface area contributed by atoms with E-state index in [1.54, 1.807) is 6.20 Å². The van der Waals surface area contributed by atoms with Gasteiger partial charge in [-0.05, 0) is 25.7 Å². The van der Waals surface area contributed by atoms with Crippen LogP contribution in [0.15, 0.2) is 6.20 Å². The van der Waals surface area contributed by atoms with Crippen molar-refractivity contribution in [3.63, 3.8) is 0 Å². The van der Waals surface area contributed by atoms with Crippen molar-refractivity contribution in [1.29, 1.82) is 0 Å². The van der Waals surface area contributed by atoms with Crippen molar-refractivity contribution in [1.82, 2.24) is 20.2 Å². The maximum absolute atomic E-state index is 12.4. The molecule has 25 heavy (non-hydrogen) atoms. The Hall–Kier alpha value is -1.73. The van der Waals surface area contributed by atoms with E-state index in [1.165, 1.54) is 12.8 Å². The van der Waals surface area contributed by atoms with Crippen molar-refractivity contribution >= 4 is 11.9 Å². The summed E-state index contributed by atoms with van der Waals surface area (Å²) in [5.74, 6) is 1.42. The van der Waals surface area contributed by atoms with Gasteiger partial charge in [0.2, 0.25) is 5.95 Å². The van der Waals surface area contributed by atoms with Gasteiger partial charge >= 0.3 is 0 Å². The van der Waals surface area contributed by atoms with Crippen molar-refractivity contribution in [2.45, 2.75) is 26.7 Å². The molecule has 2 aliphatic heterocycles. The van der Waals surface area contributed by atoms with Crippen LogP contribution in [0.2, 0.25) is 0 Å². The van der Waals surface area contributed by atoms with E-state index in [1.807, 2.05) is 6.92 Å². The lowest BCUT2D eigenvalue weighted by Crippen LogP contribution is -2.41. The highest BCUT2D eigenvalue weighted by atomic mass is 16.5. The van der Waals surface area contributed by atoms with Crippen LogP contribution < -0.4 is 10.2 Å². The summed E-state index contributed by atoms with van der Waals surface area (Å²) in [5.41, 5.74) is 1.31. The summed E-state index contributed by atoms with van der Waals surface area (Å²) in [6.45, 7) is 11.0.